The molecule has 158 valence electrons. The van der Waals surface area contributed by atoms with Gasteiger partial charge < -0.3 is 0 Å². The Morgan fingerprint density at radius 2 is 1.06 bits per heavy atom. The molecule has 1 N–H and O–H groups in total. The summed E-state index contributed by atoms with van der Waals surface area (Å²) < 4.78 is 0. The molecule has 2 aromatic rings. The van der Waals surface area contributed by atoms with Gasteiger partial charge in [-0.3, -0.25) is 29.4 Å². The van der Waals surface area contributed by atoms with Crippen molar-refractivity contribution in [3.05, 3.63) is 70.8 Å². The molecular weight excluding hydrogens is 487 g/mol. The maximum absolute atomic E-state index is 12.1. The van der Waals surface area contributed by atoms with E-state index >= 15 is 0 Å². The molecule has 2 aliphatic heterocycles. The molecule has 6 nitrogen and oxygen atoms in total. The van der Waals surface area contributed by atoms with Crippen molar-refractivity contribution in [2.75, 3.05) is 11.9 Å². The third-order valence-electron chi connectivity index (χ3n) is 5.04. The van der Waals surface area contributed by atoms with E-state index in [0.29, 0.717) is 28.8 Å². The number of imide groups is 2. The van der Waals surface area contributed by atoms with Crippen LogP contribution in [0.15, 0.2) is 48.5 Å². The van der Waals surface area contributed by atoms with Crippen molar-refractivity contribution >= 4 is 90.9 Å². The van der Waals surface area contributed by atoms with E-state index in [1.165, 1.54) is 17.7 Å². The molecule has 0 fully saturated rings. The molecule has 0 unspecified atom stereocenters. The number of halogens is 1. The molecule has 4 amide bonds. The van der Waals surface area contributed by atoms with E-state index in [1.807, 2.05) is 0 Å². The van der Waals surface area contributed by atoms with Gasteiger partial charge in [-0.2, -0.15) is 0 Å². The molecule has 0 saturated heterocycles. The van der Waals surface area contributed by atoms with Gasteiger partial charge in [0.25, 0.3) is 23.6 Å². The molecule has 8 heteroatoms. The van der Waals surface area contributed by atoms with Crippen molar-refractivity contribution in [3.8, 4) is 0 Å². The van der Waals surface area contributed by atoms with Crippen LogP contribution in [0.5, 0.6) is 0 Å². The Morgan fingerprint density at radius 3 is 1.55 bits per heavy atom. The Morgan fingerprint density at radius 1 is 0.645 bits per heavy atom. The van der Waals surface area contributed by atoms with Gasteiger partial charge in [-0.1, -0.05) is 59.5 Å². The third kappa shape index (κ3) is 6.43. The summed E-state index contributed by atoms with van der Waals surface area (Å²) in [7, 11) is 0. The molecule has 0 aliphatic carbocycles. The Hall–Kier alpha value is -1.16. The van der Waals surface area contributed by atoms with Crippen molar-refractivity contribution in [1.29, 1.82) is 0 Å². The van der Waals surface area contributed by atoms with Crippen LogP contribution in [0.1, 0.15) is 73.5 Å². The van der Waals surface area contributed by atoms with E-state index in [2.05, 4.69) is 21.2 Å². The minimum absolute atomic E-state index is 0. The fourth-order valence-electron chi connectivity index (χ4n) is 3.45. The fourth-order valence-corrected chi connectivity index (χ4v) is 3.85. The van der Waals surface area contributed by atoms with Crippen molar-refractivity contribution in [3.63, 3.8) is 0 Å². The van der Waals surface area contributed by atoms with Crippen LogP contribution in [0.25, 0.3) is 0 Å². The standard InChI is InChI=1S/C15H18BrNO2.C8H5NO2.K.H/c16-10-6-2-1-3-7-11-17-14(18)12-8-4-5-9-13(12)15(17)19;10-7-5-3-1-2-4-6(5)8(11)9-7;;/h4-5,8-9H,1-3,6-7,10-11H2;1-4H,(H,9,10,11);;. The minimum atomic E-state index is -0.300. The predicted octanol–water partition coefficient (Wildman–Crippen LogP) is 3.55. The van der Waals surface area contributed by atoms with E-state index in [9.17, 15) is 19.2 Å². The number of alkyl halides is 1. The van der Waals surface area contributed by atoms with Gasteiger partial charge >= 0.3 is 51.4 Å². The first-order valence-corrected chi connectivity index (χ1v) is 11.1. The first-order chi connectivity index (χ1) is 14.5. The topological polar surface area (TPSA) is 83.5 Å². The van der Waals surface area contributed by atoms with Gasteiger partial charge in [-0.15, -0.1) is 0 Å². The number of nitrogens with one attached hydrogen (secondary N) is 1. The molecule has 0 atom stereocenters. The number of nitrogens with zero attached hydrogens (tertiary/aromatic N) is 1. The van der Waals surface area contributed by atoms with Crippen LogP contribution in [0.4, 0.5) is 0 Å². The number of unbranched alkanes of at least 4 members (excludes halogenated alkanes) is 4. The first kappa shape index (κ1) is 26.1. The molecule has 2 aromatic carbocycles. The summed E-state index contributed by atoms with van der Waals surface area (Å²) in [6, 6.07) is 13.8. The van der Waals surface area contributed by atoms with Gasteiger partial charge in [0, 0.05) is 11.9 Å². The van der Waals surface area contributed by atoms with E-state index in [1.54, 1.807) is 48.5 Å². The first-order valence-electron chi connectivity index (χ1n) is 10.0. The Kier molecular flexibility index (Phi) is 10.7. The molecule has 0 aromatic heterocycles. The fraction of sp³-hybridized carbons (Fsp3) is 0.304. The predicted molar refractivity (Wildman–Crippen MR) is 124 cm³/mol. The van der Waals surface area contributed by atoms with Crippen LogP contribution in [-0.4, -0.2) is 91.8 Å². The zero-order valence-electron chi connectivity index (χ0n) is 16.5. The number of hydrogen-bond acceptors (Lipinski definition) is 4. The molecular formula is C23H24BrKN2O4. The van der Waals surface area contributed by atoms with Crippen LogP contribution in [0.3, 0.4) is 0 Å². The monoisotopic (exact) mass is 510 g/mol. The number of fused-ring (bicyclic) bond motifs is 2. The van der Waals surface area contributed by atoms with Gasteiger partial charge in [-0.25, -0.2) is 0 Å². The molecule has 2 heterocycles. The quantitative estimate of drug-likeness (QED) is 0.267. The summed E-state index contributed by atoms with van der Waals surface area (Å²) in [6.07, 6.45) is 5.52. The van der Waals surface area contributed by atoms with Gasteiger partial charge in [0.2, 0.25) is 0 Å². The zero-order chi connectivity index (χ0) is 21.5. The van der Waals surface area contributed by atoms with E-state index in [-0.39, 0.29) is 75.0 Å². The van der Waals surface area contributed by atoms with Gasteiger partial charge in [0.15, 0.2) is 0 Å². The van der Waals surface area contributed by atoms with Crippen LogP contribution in [0.2, 0.25) is 0 Å². The van der Waals surface area contributed by atoms with Crippen LogP contribution in [-0.2, 0) is 0 Å². The van der Waals surface area contributed by atoms with Crippen molar-refractivity contribution < 1.29 is 19.2 Å². The van der Waals surface area contributed by atoms with Gasteiger partial charge in [0.1, 0.15) is 0 Å². The third-order valence-corrected chi connectivity index (χ3v) is 5.60. The summed E-state index contributed by atoms with van der Waals surface area (Å²) >= 11 is 3.41. The zero-order valence-corrected chi connectivity index (χ0v) is 18.1. The summed E-state index contributed by atoms with van der Waals surface area (Å²) in [4.78, 5) is 47.4. The van der Waals surface area contributed by atoms with Crippen LogP contribution < -0.4 is 5.32 Å². The maximum atomic E-state index is 12.1. The molecule has 0 radical (unpaired) electrons. The molecule has 0 bridgehead atoms. The molecule has 2 aliphatic rings. The second-order valence-corrected chi connectivity index (χ2v) is 7.89. The van der Waals surface area contributed by atoms with Crippen molar-refractivity contribution in [2.45, 2.75) is 32.1 Å². The summed E-state index contributed by atoms with van der Waals surface area (Å²) in [5.74, 6) is -0.877. The normalized spacial score (nSPS) is 13.8. The number of benzene rings is 2. The number of carbonyl (C=O) groups excluding carboxylic acids is 4. The average molecular weight is 511 g/mol. The van der Waals surface area contributed by atoms with E-state index < -0.39 is 0 Å². The molecule has 4 rings (SSSR count). The van der Waals surface area contributed by atoms with Crippen LogP contribution >= 0.6 is 15.9 Å². The Bertz CT molecular complexity index is 912. The number of rotatable bonds is 7. The Balaban J connectivity index is 0.000000242. The second kappa shape index (κ2) is 12.8. The SMILES string of the molecule is O=C1NC(=O)c2ccccc21.O=C1c2ccccc2C(=O)N1CCCCCCCBr.[KH]. The Labute approximate surface area is 232 Å². The van der Waals surface area contributed by atoms with Crippen molar-refractivity contribution in [2.24, 2.45) is 0 Å². The number of carbonyl (C=O) groups is 4. The summed E-state index contributed by atoms with van der Waals surface area (Å²) in [5.41, 5.74) is 2.04. The van der Waals surface area contributed by atoms with E-state index in [4.69, 9.17) is 0 Å². The van der Waals surface area contributed by atoms with Crippen LogP contribution in [0, 0.1) is 0 Å². The summed E-state index contributed by atoms with van der Waals surface area (Å²) in [6.45, 7) is 0.542. The average Bonchev–Trinajstić information content (AvgIpc) is 3.19. The second-order valence-electron chi connectivity index (χ2n) is 7.09. The van der Waals surface area contributed by atoms with Gasteiger partial charge in [-0.05, 0) is 37.1 Å². The number of hydrogen-bond donors (Lipinski definition) is 1. The molecule has 0 saturated carbocycles. The van der Waals surface area contributed by atoms with Gasteiger partial charge in [0.05, 0.1) is 22.3 Å². The van der Waals surface area contributed by atoms with E-state index in [0.717, 1.165) is 24.6 Å². The summed E-state index contributed by atoms with van der Waals surface area (Å²) in [5, 5.41) is 3.25. The molecule has 0 spiro atoms. The molecule has 31 heavy (non-hydrogen) atoms. The number of amides is 4. The van der Waals surface area contributed by atoms with Crippen molar-refractivity contribution in [1.82, 2.24) is 10.2 Å².